The summed E-state index contributed by atoms with van der Waals surface area (Å²) in [6, 6.07) is 1.20. The molecule has 2 atom stereocenters. The highest BCUT2D eigenvalue weighted by atomic mass is 16.5. The molecule has 1 aromatic rings. The molecule has 0 bridgehead atoms. The first-order valence-corrected chi connectivity index (χ1v) is 5.84. The molecule has 0 aromatic carbocycles. The van der Waals surface area contributed by atoms with Crippen molar-refractivity contribution in [2.75, 3.05) is 7.11 Å². The van der Waals surface area contributed by atoms with E-state index in [4.69, 9.17) is 4.74 Å². The summed E-state index contributed by atoms with van der Waals surface area (Å²) in [5, 5.41) is 22.1. The van der Waals surface area contributed by atoms with E-state index >= 15 is 0 Å². The molecule has 1 fully saturated rings. The van der Waals surface area contributed by atoms with E-state index in [0.717, 1.165) is 12.8 Å². The lowest BCUT2D eigenvalue weighted by atomic mass is 10.2. The summed E-state index contributed by atoms with van der Waals surface area (Å²) in [6.45, 7) is 0. The molecule has 0 aliphatic heterocycles. The molecule has 98 valence electrons. The Balaban J connectivity index is 2.13. The van der Waals surface area contributed by atoms with Crippen molar-refractivity contribution in [3.8, 4) is 11.5 Å². The fourth-order valence-corrected chi connectivity index (χ4v) is 2.11. The van der Waals surface area contributed by atoms with Crippen molar-refractivity contribution in [2.45, 2.75) is 31.4 Å². The SMILES string of the molecule is COc1ccnc(C(=O)NC2CCCC2O)c1O. The molecule has 1 heterocycles. The Bertz CT molecular complexity index is 450. The number of ether oxygens (including phenoxy) is 1. The number of aromatic hydroxyl groups is 1. The molecule has 0 radical (unpaired) electrons. The smallest absolute Gasteiger partial charge is 0.274 e. The molecule has 2 rings (SSSR count). The fraction of sp³-hybridized carbons (Fsp3) is 0.500. The first-order chi connectivity index (χ1) is 8.63. The van der Waals surface area contributed by atoms with E-state index in [1.807, 2.05) is 0 Å². The largest absolute Gasteiger partial charge is 0.503 e. The van der Waals surface area contributed by atoms with Crippen LogP contribution >= 0.6 is 0 Å². The van der Waals surface area contributed by atoms with E-state index < -0.39 is 12.0 Å². The zero-order chi connectivity index (χ0) is 13.1. The van der Waals surface area contributed by atoms with Crippen LogP contribution in [0.2, 0.25) is 0 Å². The molecule has 1 aliphatic carbocycles. The molecular formula is C12H16N2O4. The highest BCUT2D eigenvalue weighted by Crippen LogP contribution is 2.28. The van der Waals surface area contributed by atoms with Gasteiger partial charge in [-0.1, -0.05) is 0 Å². The Hall–Kier alpha value is -1.82. The number of hydrogen-bond donors (Lipinski definition) is 3. The summed E-state index contributed by atoms with van der Waals surface area (Å²) in [4.78, 5) is 15.8. The molecule has 0 saturated heterocycles. The number of amides is 1. The van der Waals surface area contributed by atoms with Gasteiger partial charge >= 0.3 is 0 Å². The van der Waals surface area contributed by atoms with E-state index in [1.54, 1.807) is 0 Å². The second-order valence-electron chi connectivity index (χ2n) is 4.29. The lowest BCUT2D eigenvalue weighted by molar-refractivity contribution is 0.0865. The first-order valence-electron chi connectivity index (χ1n) is 5.84. The van der Waals surface area contributed by atoms with Crippen molar-refractivity contribution < 1.29 is 19.7 Å². The van der Waals surface area contributed by atoms with E-state index in [1.165, 1.54) is 19.4 Å². The van der Waals surface area contributed by atoms with Gasteiger partial charge < -0.3 is 20.3 Å². The lowest BCUT2D eigenvalue weighted by Gasteiger charge is -2.16. The van der Waals surface area contributed by atoms with Crippen LogP contribution in [0.4, 0.5) is 0 Å². The minimum atomic E-state index is -0.526. The quantitative estimate of drug-likeness (QED) is 0.726. The second-order valence-corrected chi connectivity index (χ2v) is 4.29. The van der Waals surface area contributed by atoms with E-state index in [-0.39, 0.29) is 23.2 Å². The van der Waals surface area contributed by atoms with Gasteiger partial charge in [-0.2, -0.15) is 0 Å². The number of methoxy groups -OCH3 is 1. The molecule has 18 heavy (non-hydrogen) atoms. The summed E-state index contributed by atoms with van der Waals surface area (Å²) >= 11 is 0. The minimum Gasteiger partial charge on any atom is -0.503 e. The number of aromatic nitrogens is 1. The molecule has 1 aromatic heterocycles. The number of carbonyl (C=O) groups excluding carboxylic acids is 1. The number of nitrogens with zero attached hydrogens (tertiary/aromatic N) is 1. The van der Waals surface area contributed by atoms with Crippen molar-refractivity contribution in [3.05, 3.63) is 18.0 Å². The summed E-state index contributed by atoms with van der Waals surface area (Å²) in [5.41, 5.74) is -0.0894. The number of nitrogens with one attached hydrogen (secondary N) is 1. The number of pyridine rings is 1. The highest BCUT2D eigenvalue weighted by molar-refractivity contribution is 5.95. The van der Waals surface area contributed by atoms with Crippen molar-refractivity contribution in [2.24, 2.45) is 0 Å². The van der Waals surface area contributed by atoms with Gasteiger partial charge in [0.25, 0.3) is 5.91 Å². The van der Waals surface area contributed by atoms with Gasteiger partial charge in [-0.3, -0.25) is 4.79 Å². The normalized spacial score (nSPS) is 22.8. The minimum absolute atomic E-state index is 0.0894. The average Bonchev–Trinajstić information content (AvgIpc) is 2.75. The van der Waals surface area contributed by atoms with Crippen molar-refractivity contribution in [1.82, 2.24) is 10.3 Å². The summed E-state index contributed by atoms with van der Waals surface area (Å²) in [5.74, 6) is -0.593. The van der Waals surface area contributed by atoms with Gasteiger partial charge in [0.2, 0.25) is 0 Å². The number of rotatable bonds is 3. The van der Waals surface area contributed by atoms with Crippen LogP contribution in [0.15, 0.2) is 12.3 Å². The highest BCUT2D eigenvalue weighted by Gasteiger charge is 2.28. The summed E-state index contributed by atoms with van der Waals surface area (Å²) in [6.07, 6.45) is 3.16. The molecule has 0 spiro atoms. The molecule has 1 aliphatic rings. The monoisotopic (exact) mass is 252 g/mol. The third-order valence-electron chi connectivity index (χ3n) is 3.12. The van der Waals surface area contributed by atoms with Crippen LogP contribution in [0.3, 0.4) is 0 Å². The van der Waals surface area contributed by atoms with Gasteiger partial charge in [0.05, 0.1) is 19.3 Å². The van der Waals surface area contributed by atoms with Crippen LogP contribution in [0, 0.1) is 0 Å². The maximum Gasteiger partial charge on any atom is 0.274 e. The van der Waals surface area contributed by atoms with E-state index in [0.29, 0.717) is 6.42 Å². The van der Waals surface area contributed by atoms with E-state index in [9.17, 15) is 15.0 Å². The van der Waals surface area contributed by atoms with Gasteiger partial charge in [-0.15, -0.1) is 0 Å². The standard InChI is InChI=1S/C12H16N2O4/c1-18-9-5-6-13-10(11(9)16)12(17)14-7-3-2-4-8(7)15/h5-8,15-16H,2-4H2,1H3,(H,14,17). The van der Waals surface area contributed by atoms with Crippen LogP contribution in [-0.4, -0.2) is 40.4 Å². The summed E-state index contributed by atoms with van der Waals surface area (Å²) < 4.78 is 4.91. The fourth-order valence-electron chi connectivity index (χ4n) is 2.11. The van der Waals surface area contributed by atoms with Crippen molar-refractivity contribution >= 4 is 5.91 Å². The Kier molecular flexibility index (Phi) is 3.66. The maximum atomic E-state index is 11.9. The Morgan fingerprint density at radius 2 is 2.33 bits per heavy atom. The van der Waals surface area contributed by atoms with Crippen LogP contribution in [0.1, 0.15) is 29.8 Å². The summed E-state index contributed by atoms with van der Waals surface area (Å²) in [7, 11) is 1.40. The van der Waals surface area contributed by atoms with Crippen LogP contribution in [0.25, 0.3) is 0 Å². The van der Waals surface area contributed by atoms with Gasteiger partial charge in [0, 0.05) is 12.3 Å². The van der Waals surface area contributed by atoms with Crippen molar-refractivity contribution in [1.29, 1.82) is 0 Å². The maximum absolute atomic E-state index is 11.9. The number of aliphatic hydroxyl groups is 1. The van der Waals surface area contributed by atoms with Gasteiger partial charge in [0.1, 0.15) is 0 Å². The lowest BCUT2D eigenvalue weighted by Crippen LogP contribution is -2.40. The van der Waals surface area contributed by atoms with Crippen LogP contribution < -0.4 is 10.1 Å². The zero-order valence-electron chi connectivity index (χ0n) is 10.1. The molecule has 3 N–H and O–H groups in total. The Morgan fingerprint density at radius 1 is 1.56 bits per heavy atom. The van der Waals surface area contributed by atoms with Gasteiger partial charge in [-0.05, 0) is 19.3 Å². The zero-order valence-corrected chi connectivity index (χ0v) is 10.1. The third kappa shape index (κ3) is 2.38. The molecular weight excluding hydrogens is 236 g/mol. The molecule has 1 amide bonds. The van der Waals surface area contributed by atoms with E-state index in [2.05, 4.69) is 10.3 Å². The second kappa shape index (κ2) is 5.22. The predicted molar refractivity (Wildman–Crippen MR) is 63.6 cm³/mol. The van der Waals surface area contributed by atoms with Crippen molar-refractivity contribution in [3.63, 3.8) is 0 Å². The van der Waals surface area contributed by atoms with Gasteiger partial charge in [0.15, 0.2) is 17.2 Å². The average molecular weight is 252 g/mol. The molecule has 6 heteroatoms. The first kappa shape index (κ1) is 12.6. The van der Waals surface area contributed by atoms with Crippen LogP contribution in [-0.2, 0) is 0 Å². The predicted octanol–water partition coefficient (Wildman–Crippen LogP) is 0.439. The molecule has 6 nitrogen and oxygen atoms in total. The number of carbonyl (C=O) groups is 1. The Morgan fingerprint density at radius 3 is 2.94 bits per heavy atom. The van der Waals surface area contributed by atoms with Gasteiger partial charge in [-0.25, -0.2) is 4.98 Å². The topological polar surface area (TPSA) is 91.7 Å². The number of hydrogen-bond acceptors (Lipinski definition) is 5. The Labute approximate surface area is 105 Å². The third-order valence-corrected chi connectivity index (χ3v) is 3.12. The number of aliphatic hydroxyl groups excluding tert-OH is 1. The molecule has 2 unspecified atom stereocenters. The molecule has 1 saturated carbocycles. The van der Waals surface area contributed by atoms with Crippen LogP contribution in [0.5, 0.6) is 11.5 Å².